The zero-order chi connectivity index (χ0) is 11.4. The molecule has 0 aliphatic carbocycles. The molecule has 0 fully saturated rings. The third kappa shape index (κ3) is 2.65. The Labute approximate surface area is 99.6 Å². The molecule has 0 aliphatic rings. The van der Waals surface area contributed by atoms with Gasteiger partial charge in [0.05, 0.1) is 29.7 Å². The Morgan fingerprint density at radius 1 is 1.25 bits per heavy atom. The van der Waals surface area contributed by atoms with E-state index in [0.29, 0.717) is 0 Å². The first kappa shape index (κ1) is 11.2. The van der Waals surface area contributed by atoms with Crippen molar-refractivity contribution in [1.82, 2.24) is 8.75 Å². The molecule has 1 heterocycles. The summed E-state index contributed by atoms with van der Waals surface area (Å²) in [6, 6.07) is 8.53. The van der Waals surface area contributed by atoms with E-state index in [9.17, 15) is 0 Å². The number of aromatic nitrogens is 2. The SMILES string of the molecule is CCc1ccc(CC(N)c2cnsn2)cc1. The number of rotatable bonds is 4. The van der Waals surface area contributed by atoms with Crippen LogP contribution in [0.5, 0.6) is 0 Å². The molecular formula is C12H15N3S. The second-order valence-corrected chi connectivity index (χ2v) is 4.37. The third-order valence-electron chi connectivity index (χ3n) is 2.65. The van der Waals surface area contributed by atoms with Gasteiger partial charge in [0.2, 0.25) is 0 Å². The molecule has 0 spiro atoms. The summed E-state index contributed by atoms with van der Waals surface area (Å²) >= 11 is 1.20. The maximum absolute atomic E-state index is 6.05. The van der Waals surface area contributed by atoms with Crippen LogP contribution in [-0.2, 0) is 12.8 Å². The average Bonchev–Trinajstić information content (AvgIpc) is 2.83. The van der Waals surface area contributed by atoms with Crippen LogP contribution in [0.3, 0.4) is 0 Å². The predicted octanol–water partition coefficient (Wildman–Crippen LogP) is 2.34. The minimum absolute atomic E-state index is 0.0498. The number of benzene rings is 1. The molecule has 4 heteroatoms. The van der Waals surface area contributed by atoms with Gasteiger partial charge in [-0.25, -0.2) is 0 Å². The van der Waals surface area contributed by atoms with E-state index >= 15 is 0 Å². The molecule has 1 aromatic carbocycles. The second kappa shape index (κ2) is 5.18. The van der Waals surface area contributed by atoms with Gasteiger partial charge in [-0.3, -0.25) is 0 Å². The van der Waals surface area contributed by atoms with E-state index in [4.69, 9.17) is 5.73 Å². The summed E-state index contributed by atoms with van der Waals surface area (Å²) < 4.78 is 8.11. The van der Waals surface area contributed by atoms with Crippen LogP contribution in [0.15, 0.2) is 30.5 Å². The lowest BCUT2D eigenvalue weighted by Crippen LogP contribution is -2.13. The normalized spacial score (nSPS) is 12.6. The number of aryl methyl sites for hydroxylation is 1. The van der Waals surface area contributed by atoms with E-state index < -0.39 is 0 Å². The lowest BCUT2D eigenvalue weighted by Gasteiger charge is -2.08. The van der Waals surface area contributed by atoms with Crippen LogP contribution in [0.1, 0.15) is 29.8 Å². The highest BCUT2D eigenvalue weighted by atomic mass is 32.1. The van der Waals surface area contributed by atoms with E-state index in [2.05, 4.69) is 39.9 Å². The fourth-order valence-electron chi connectivity index (χ4n) is 1.60. The molecule has 0 radical (unpaired) electrons. The van der Waals surface area contributed by atoms with E-state index in [1.165, 1.54) is 22.9 Å². The fourth-order valence-corrected chi connectivity index (χ4v) is 2.08. The Morgan fingerprint density at radius 2 is 1.94 bits per heavy atom. The standard InChI is InChI=1S/C12H15N3S/c1-2-9-3-5-10(6-4-9)7-11(13)12-8-14-16-15-12/h3-6,8,11H,2,7,13H2,1H3. The van der Waals surface area contributed by atoms with Gasteiger partial charge in [-0.1, -0.05) is 31.2 Å². The maximum atomic E-state index is 6.05. The average molecular weight is 233 g/mol. The van der Waals surface area contributed by atoms with Crippen LogP contribution in [0, 0.1) is 0 Å². The topological polar surface area (TPSA) is 51.8 Å². The molecule has 0 saturated carbocycles. The van der Waals surface area contributed by atoms with Crippen molar-refractivity contribution in [3.8, 4) is 0 Å². The highest BCUT2D eigenvalue weighted by molar-refractivity contribution is 6.99. The Balaban J connectivity index is 2.03. The Morgan fingerprint density at radius 3 is 2.50 bits per heavy atom. The van der Waals surface area contributed by atoms with Gasteiger partial charge in [0.1, 0.15) is 0 Å². The molecule has 84 valence electrons. The van der Waals surface area contributed by atoms with Crippen molar-refractivity contribution in [2.75, 3.05) is 0 Å². The van der Waals surface area contributed by atoms with Crippen molar-refractivity contribution in [2.45, 2.75) is 25.8 Å². The predicted molar refractivity (Wildman–Crippen MR) is 66.4 cm³/mol. The minimum Gasteiger partial charge on any atom is -0.322 e. The van der Waals surface area contributed by atoms with Crippen LogP contribution in [0.2, 0.25) is 0 Å². The first-order chi connectivity index (χ1) is 7.79. The first-order valence-electron chi connectivity index (χ1n) is 5.40. The van der Waals surface area contributed by atoms with Crippen LogP contribution < -0.4 is 5.73 Å². The highest BCUT2D eigenvalue weighted by Gasteiger charge is 2.09. The van der Waals surface area contributed by atoms with Crippen molar-refractivity contribution in [3.63, 3.8) is 0 Å². The summed E-state index contributed by atoms with van der Waals surface area (Å²) in [5, 5.41) is 0. The van der Waals surface area contributed by atoms with Gasteiger partial charge in [0.25, 0.3) is 0 Å². The molecule has 3 nitrogen and oxygen atoms in total. The molecule has 1 aromatic heterocycles. The van der Waals surface area contributed by atoms with Gasteiger partial charge in [0, 0.05) is 0 Å². The van der Waals surface area contributed by atoms with Gasteiger partial charge in [-0.15, -0.1) is 0 Å². The molecular weight excluding hydrogens is 218 g/mol. The zero-order valence-electron chi connectivity index (χ0n) is 9.26. The third-order valence-corrected chi connectivity index (χ3v) is 3.14. The second-order valence-electron chi connectivity index (χ2n) is 3.81. The maximum Gasteiger partial charge on any atom is 0.0913 e. The summed E-state index contributed by atoms with van der Waals surface area (Å²) in [6.45, 7) is 2.15. The minimum atomic E-state index is -0.0498. The molecule has 2 N–H and O–H groups in total. The van der Waals surface area contributed by atoms with Crippen LogP contribution in [0.4, 0.5) is 0 Å². The summed E-state index contributed by atoms with van der Waals surface area (Å²) in [6.07, 6.45) is 3.63. The van der Waals surface area contributed by atoms with Crippen molar-refractivity contribution < 1.29 is 0 Å². The van der Waals surface area contributed by atoms with Crippen molar-refractivity contribution in [3.05, 3.63) is 47.3 Å². The van der Waals surface area contributed by atoms with E-state index in [-0.39, 0.29) is 6.04 Å². The number of hydrogen-bond donors (Lipinski definition) is 1. The molecule has 0 aliphatic heterocycles. The van der Waals surface area contributed by atoms with Crippen molar-refractivity contribution >= 4 is 11.7 Å². The Bertz CT molecular complexity index is 422. The number of nitrogens with zero attached hydrogens (tertiary/aromatic N) is 2. The molecule has 0 amide bonds. The Hall–Kier alpha value is -1.26. The molecule has 2 rings (SSSR count). The van der Waals surface area contributed by atoms with Gasteiger partial charge < -0.3 is 5.73 Å². The first-order valence-corrected chi connectivity index (χ1v) is 6.13. The summed E-state index contributed by atoms with van der Waals surface area (Å²) in [4.78, 5) is 0. The van der Waals surface area contributed by atoms with Crippen molar-refractivity contribution in [2.24, 2.45) is 5.73 Å². The van der Waals surface area contributed by atoms with Crippen LogP contribution in [-0.4, -0.2) is 8.75 Å². The Kier molecular flexibility index (Phi) is 3.64. The van der Waals surface area contributed by atoms with Gasteiger partial charge >= 0.3 is 0 Å². The monoisotopic (exact) mass is 233 g/mol. The lowest BCUT2D eigenvalue weighted by molar-refractivity contribution is 0.704. The number of hydrogen-bond acceptors (Lipinski definition) is 4. The smallest absolute Gasteiger partial charge is 0.0913 e. The highest BCUT2D eigenvalue weighted by Crippen LogP contribution is 2.15. The van der Waals surface area contributed by atoms with Gasteiger partial charge in [-0.05, 0) is 24.0 Å². The van der Waals surface area contributed by atoms with E-state index in [0.717, 1.165) is 18.5 Å². The van der Waals surface area contributed by atoms with Crippen molar-refractivity contribution in [1.29, 1.82) is 0 Å². The quantitative estimate of drug-likeness (QED) is 0.882. The molecule has 0 bridgehead atoms. The largest absolute Gasteiger partial charge is 0.322 e. The lowest BCUT2D eigenvalue weighted by atomic mass is 10.0. The zero-order valence-corrected chi connectivity index (χ0v) is 10.1. The number of nitrogens with two attached hydrogens (primary N) is 1. The molecule has 1 unspecified atom stereocenters. The van der Waals surface area contributed by atoms with E-state index in [1.807, 2.05) is 0 Å². The van der Waals surface area contributed by atoms with E-state index in [1.54, 1.807) is 6.20 Å². The molecule has 0 saturated heterocycles. The van der Waals surface area contributed by atoms with Gasteiger partial charge in [-0.2, -0.15) is 8.75 Å². The molecule has 2 aromatic rings. The summed E-state index contributed by atoms with van der Waals surface area (Å²) in [7, 11) is 0. The molecule has 1 atom stereocenters. The van der Waals surface area contributed by atoms with Crippen LogP contribution >= 0.6 is 11.7 Å². The fraction of sp³-hybridized carbons (Fsp3) is 0.333. The van der Waals surface area contributed by atoms with Gasteiger partial charge in [0.15, 0.2) is 0 Å². The van der Waals surface area contributed by atoms with Crippen LogP contribution in [0.25, 0.3) is 0 Å². The summed E-state index contributed by atoms with van der Waals surface area (Å²) in [5.41, 5.74) is 9.53. The summed E-state index contributed by atoms with van der Waals surface area (Å²) in [5.74, 6) is 0. The molecule has 16 heavy (non-hydrogen) atoms.